The number of hydrogen-bond donors (Lipinski definition) is 1. The van der Waals surface area contributed by atoms with E-state index in [1.165, 1.54) is 6.07 Å². The van der Waals surface area contributed by atoms with Crippen LogP contribution >= 0.6 is 11.6 Å². The van der Waals surface area contributed by atoms with Gasteiger partial charge in [-0.05, 0) is 37.9 Å². The van der Waals surface area contributed by atoms with Crippen molar-refractivity contribution in [1.82, 2.24) is 15.1 Å². The summed E-state index contributed by atoms with van der Waals surface area (Å²) in [5, 5.41) is 3.33. The van der Waals surface area contributed by atoms with Gasteiger partial charge in [0.05, 0.1) is 19.8 Å². The largest absolute Gasteiger partial charge is 0.379 e. The smallest absolute Gasteiger partial charge is 0.317 e. The molecule has 1 saturated heterocycles. The van der Waals surface area contributed by atoms with E-state index in [0.29, 0.717) is 17.1 Å². The minimum Gasteiger partial charge on any atom is -0.379 e. The number of urea groups is 1. The fourth-order valence-corrected chi connectivity index (χ4v) is 3.25. The maximum absolute atomic E-state index is 14.0. The van der Waals surface area contributed by atoms with Gasteiger partial charge in [-0.25, -0.2) is 9.18 Å². The predicted molar refractivity (Wildman–Crippen MR) is 95.2 cm³/mol. The molecule has 2 fully saturated rings. The summed E-state index contributed by atoms with van der Waals surface area (Å²) in [6, 6.07) is 4.67. The summed E-state index contributed by atoms with van der Waals surface area (Å²) >= 11 is 6.10. The normalized spacial score (nSPS) is 18.2. The van der Waals surface area contributed by atoms with E-state index in [2.05, 4.69) is 10.2 Å². The second-order valence-electron chi connectivity index (χ2n) is 6.60. The van der Waals surface area contributed by atoms with Crippen LogP contribution in [-0.4, -0.2) is 61.3 Å². The fraction of sp³-hybridized carbons (Fsp3) is 0.611. The van der Waals surface area contributed by atoms with Crippen molar-refractivity contribution in [3.63, 3.8) is 0 Å². The van der Waals surface area contributed by atoms with Gasteiger partial charge in [0.25, 0.3) is 0 Å². The molecule has 5 nitrogen and oxygen atoms in total. The maximum Gasteiger partial charge on any atom is 0.317 e. The molecule has 1 heterocycles. The molecule has 1 aliphatic heterocycles. The molecule has 0 atom stereocenters. The average Bonchev–Trinajstić information content (AvgIpc) is 3.44. The molecule has 0 aromatic heterocycles. The van der Waals surface area contributed by atoms with Crippen LogP contribution in [0.3, 0.4) is 0 Å². The summed E-state index contributed by atoms with van der Waals surface area (Å²) in [5.41, 5.74) is 0.388. The summed E-state index contributed by atoms with van der Waals surface area (Å²) in [5.74, 6) is -0.363. The lowest BCUT2D eigenvalue weighted by Crippen LogP contribution is -2.42. The van der Waals surface area contributed by atoms with E-state index in [0.717, 1.165) is 52.1 Å². The molecule has 7 heteroatoms. The second-order valence-corrected chi connectivity index (χ2v) is 7.01. The first-order chi connectivity index (χ1) is 12.1. The molecule has 2 amide bonds. The highest BCUT2D eigenvalue weighted by atomic mass is 35.5. The molecular formula is C18H25ClFN3O2. The third-order valence-electron chi connectivity index (χ3n) is 4.67. The topological polar surface area (TPSA) is 44.8 Å². The molecule has 0 bridgehead atoms. The highest BCUT2D eigenvalue weighted by Crippen LogP contribution is 2.30. The number of amides is 2. The van der Waals surface area contributed by atoms with Gasteiger partial charge in [-0.2, -0.15) is 0 Å². The minimum absolute atomic E-state index is 0.135. The quantitative estimate of drug-likeness (QED) is 0.752. The van der Waals surface area contributed by atoms with Crippen molar-refractivity contribution < 1.29 is 13.9 Å². The molecule has 1 aromatic rings. The first kappa shape index (κ1) is 18.4. The fourth-order valence-electron chi connectivity index (χ4n) is 3.03. The van der Waals surface area contributed by atoms with E-state index in [1.54, 1.807) is 17.0 Å². The Kier molecular flexibility index (Phi) is 6.51. The second kappa shape index (κ2) is 8.83. The van der Waals surface area contributed by atoms with Gasteiger partial charge >= 0.3 is 6.03 Å². The van der Waals surface area contributed by atoms with Crippen LogP contribution in [0.5, 0.6) is 0 Å². The third kappa shape index (κ3) is 5.30. The van der Waals surface area contributed by atoms with E-state index in [9.17, 15) is 9.18 Å². The zero-order chi connectivity index (χ0) is 17.6. The molecule has 3 rings (SSSR count). The summed E-state index contributed by atoms with van der Waals surface area (Å²) in [6.07, 6.45) is 2.82. The first-order valence-corrected chi connectivity index (χ1v) is 9.30. The number of hydrogen-bond acceptors (Lipinski definition) is 3. The van der Waals surface area contributed by atoms with Crippen molar-refractivity contribution in [2.45, 2.75) is 31.8 Å². The molecule has 0 spiro atoms. The number of carbonyl (C=O) groups excluding carboxylic acids is 1. The van der Waals surface area contributed by atoms with Gasteiger partial charge in [-0.3, -0.25) is 4.90 Å². The number of benzene rings is 1. The van der Waals surface area contributed by atoms with Gasteiger partial charge in [-0.1, -0.05) is 17.7 Å². The van der Waals surface area contributed by atoms with E-state index >= 15 is 0 Å². The number of halogens is 2. The van der Waals surface area contributed by atoms with Crippen LogP contribution in [0.25, 0.3) is 0 Å². The first-order valence-electron chi connectivity index (χ1n) is 8.92. The van der Waals surface area contributed by atoms with Crippen LogP contribution in [0.4, 0.5) is 9.18 Å². The van der Waals surface area contributed by atoms with E-state index in [4.69, 9.17) is 16.3 Å². The Balaban J connectivity index is 1.48. The Bertz CT molecular complexity index is 571. The van der Waals surface area contributed by atoms with Crippen LogP contribution in [0.15, 0.2) is 18.2 Å². The molecule has 1 N–H and O–H groups in total. The molecule has 1 aromatic carbocycles. The van der Waals surface area contributed by atoms with Crippen LogP contribution in [0.1, 0.15) is 24.8 Å². The van der Waals surface area contributed by atoms with Gasteiger partial charge in [0, 0.05) is 36.3 Å². The van der Waals surface area contributed by atoms with E-state index in [-0.39, 0.29) is 24.4 Å². The molecule has 138 valence electrons. The van der Waals surface area contributed by atoms with Crippen LogP contribution in [0.2, 0.25) is 5.02 Å². The van der Waals surface area contributed by atoms with Crippen molar-refractivity contribution in [2.24, 2.45) is 0 Å². The summed E-state index contributed by atoms with van der Waals surface area (Å²) in [6.45, 7) is 5.25. The standard InChI is InChI=1S/C18H25ClFN3O2/c19-16-3-1-4-17(20)15(16)13-23(14-5-6-14)18(24)21-7-2-8-22-9-11-25-12-10-22/h1,3-4,14H,2,5-13H2,(H,21,24). The summed E-state index contributed by atoms with van der Waals surface area (Å²) in [4.78, 5) is 16.6. The lowest BCUT2D eigenvalue weighted by Gasteiger charge is -2.27. The zero-order valence-electron chi connectivity index (χ0n) is 14.3. The van der Waals surface area contributed by atoms with Crippen molar-refractivity contribution in [3.05, 3.63) is 34.6 Å². The summed E-state index contributed by atoms with van der Waals surface area (Å²) < 4.78 is 19.3. The van der Waals surface area contributed by atoms with Gasteiger partial charge in [0.15, 0.2) is 0 Å². The number of nitrogens with zero attached hydrogens (tertiary/aromatic N) is 2. The highest BCUT2D eigenvalue weighted by molar-refractivity contribution is 6.31. The number of ether oxygens (including phenoxy) is 1. The number of morpholine rings is 1. The van der Waals surface area contributed by atoms with Gasteiger partial charge in [0.1, 0.15) is 5.82 Å². The molecule has 1 saturated carbocycles. The lowest BCUT2D eigenvalue weighted by molar-refractivity contribution is 0.0375. The van der Waals surface area contributed by atoms with Gasteiger partial charge < -0.3 is 15.0 Å². The molecule has 2 aliphatic rings. The molecule has 1 aliphatic carbocycles. The van der Waals surface area contributed by atoms with Crippen LogP contribution < -0.4 is 5.32 Å². The molecule has 25 heavy (non-hydrogen) atoms. The third-order valence-corrected chi connectivity index (χ3v) is 5.02. The van der Waals surface area contributed by atoms with Crippen molar-refractivity contribution in [3.8, 4) is 0 Å². The van der Waals surface area contributed by atoms with Crippen molar-refractivity contribution >= 4 is 17.6 Å². The predicted octanol–water partition coefficient (Wildman–Crippen LogP) is 2.88. The summed E-state index contributed by atoms with van der Waals surface area (Å²) in [7, 11) is 0. The number of carbonyl (C=O) groups is 1. The van der Waals surface area contributed by atoms with Crippen LogP contribution in [-0.2, 0) is 11.3 Å². The lowest BCUT2D eigenvalue weighted by atomic mass is 10.2. The highest BCUT2D eigenvalue weighted by Gasteiger charge is 2.33. The SMILES string of the molecule is O=C(NCCCN1CCOCC1)N(Cc1c(F)cccc1Cl)C1CC1. The maximum atomic E-state index is 14.0. The Hall–Kier alpha value is -1.37. The molecule has 0 radical (unpaired) electrons. The minimum atomic E-state index is -0.363. The van der Waals surface area contributed by atoms with Gasteiger partial charge in [0.2, 0.25) is 0 Å². The van der Waals surface area contributed by atoms with Crippen molar-refractivity contribution in [1.29, 1.82) is 0 Å². The van der Waals surface area contributed by atoms with Crippen LogP contribution in [0, 0.1) is 5.82 Å². The number of nitrogens with one attached hydrogen (secondary N) is 1. The molecule has 0 unspecified atom stereocenters. The van der Waals surface area contributed by atoms with Crippen molar-refractivity contribution in [2.75, 3.05) is 39.4 Å². The Morgan fingerprint density at radius 2 is 2.12 bits per heavy atom. The Morgan fingerprint density at radius 1 is 1.36 bits per heavy atom. The zero-order valence-corrected chi connectivity index (χ0v) is 15.1. The monoisotopic (exact) mass is 369 g/mol. The molecular weight excluding hydrogens is 345 g/mol. The van der Waals surface area contributed by atoms with Gasteiger partial charge in [-0.15, -0.1) is 0 Å². The average molecular weight is 370 g/mol. The van der Waals surface area contributed by atoms with E-state index in [1.807, 2.05) is 0 Å². The Labute approximate surface area is 153 Å². The Morgan fingerprint density at radius 3 is 2.80 bits per heavy atom. The number of rotatable bonds is 7. The van der Waals surface area contributed by atoms with E-state index < -0.39 is 0 Å².